The zero-order valence-corrected chi connectivity index (χ0v) is 15.5. The van der Waals surface area contributed by atoms with Crippen LogP contribution in [0.25, 0.3) is 0 Å². The van der Waals surface area contributed by atoms with Gasteiger partial charge < -0.3 is 15.4 Å². The third-order valence-corrected chi connectivity index (χ3v) is 4.10. The van der Waals surface area contributed by atoms with Crippen molar-refractivity contribution in [2.75, 3.05) is 17.2 Å². The highest BCUT2D eigenvalue weighted by atomic mass is 16.5. The maximum absolute atomic E-state index is 12.1. The highest BCUT2D eigenvalue weighted by molar-refractivity contribution is 5.96. The van der Waals surface area contributed by atoms with Crippen LogP contribution in [0.5, 0.6) is 0 Å². The van der Waals surface area contributed by atoms with Gasteiger partial charge in [-0.25, -0.2) is 4.79 Å². The molecule has 0 saturated carbocycles. The number of esters is 1. The number of hydrogen-bond acceptors (Lipinski definition) is 7. The summed E-state index contributed by atoms with van der Waals surface area (Å²) in [5.41, 5.74) is 4.24. The van der Waals surface area contributed by atoms with E-state index in [1.807, 2.05) is 25.1 Å². The van der Waals surface area contributed by atoms with Crippen LogP contribution in [0, 0.1) is 13.8 Å². The van der Waals surface area contributed by atoms with Crippen LogP contribution in [0.1, 0.15) is 28.4 Å². The fourth-order valence-electron chi connectivity index (χ4n) is 2.54. The molecule has 3 aromatic rings. The van der Waals surface area contributed by atoms with Crippen molar-refractivity contribution in [2.45, 2.75) is 20.8 Å². The first-order valence-corrected chi connectivity index (χ1v) is 8.64. The predicted octanol–water partition coefficient (Wildman–Crippen LogP) is 4.15. The Morgan fingerprint density at radius 3 is 2.63 bits per heavy atom. The van der Waals surface area contributed by atoms with Crippen molar-refractivity contribution in [3.05, 3.63) is 65.4 Å². The standard InChI is InChI=1S/C20H21N5O2/c1-4-27-19(26)15-9-5-6-10-17(15)23-20-24-18(12-21-25-20)22-16-11-7-8-13(2)14(16)3/h5-12H,4H2,1-3H3,(H2,22,23,24,25). The average Bonchev–Trinajstić information content (AvgIpc) is 2.66. The molecule has 0 aliphatic rings. The molecule has 7 nitrogen and oxygen atoms in total. The summed E-state index contributed by atoms with van der Waals surface area (Å²) in [6, 6.07) is 13.1. The topological polar surface area (TPSA) is 89.0 Å². The molecule has 0 saturated heterocycles. The summed E-state index contributed by atoms with van der Waals surface area (Å²) < 4.78 is 5.09. The summed E-state index contributed by atoms with van der Waals surface area (Å²) in [6.07, 6.45) is 1.55. The minimum atomic E-state index is -0.404. The van der Waals surface area contributed by atoms with Crippen molar-refractivity contribution in [3.8, 4) is 0 Å². The Labute approximate surface area is 157 Å². The molecule has 2 N–H and O–H groups in total. The van der Waals surface area contributed by atoms with Crippen molar-refractivity contribution in [1.82, 2.24) is 15.2 Å². The van der Waals surface area contributed by atoms with Crippen molar-refractivity contribution in [2.24, 2.45) is 0 Å². The number of benzene rings is 2. The van der Waals surface area contributed by atoms with E-state index < -0.39 is 5.97 Å². The average molecular weight is 363 g/mol. The molecule has 0 aliphatic carbocycles. The molecule has 2 aromatic carbocycles. The number of rotatable bonds is 6. The van der Waals surface area contributed by atoms with Crippen molar-refractivity contribution >= 4 is 29.1 Å². The molecule has 0 bridgehead atoms. The summed E-state index contributed by atoms with van der Waals surface area (Å²) in [6.45, 7) is 6.17. The van der Waals surface area contributed by atoms with E-state index in [9.17, 15) is 4.79 Å². The van der Waals surface area contributed by atoms with Crippen LogP contribution in [0.4, 0.5) is 23.1 Å². The second-order valence-corrected chi connectivity index (χ2v) is 5.93. The second kappa shape index (κ2) is 8.27. The van der Waals surface area contributed by atoms with E-state index in [0.29, 0.717) is 23.7 Å². The van der Waals surface area contributed by atoms with E-state index in [-0.39, 0.29) is 5.95 Å². The van der Waals surface area contributed by atoms with Gasteiger partial charge in [-0.3, -0.25) is 0 Å². The molecule has 0 aliphatic heterocycles. The molecule has 3 rings (SSSR count). The van der Waals surface area contributed by atoms with Gasteiger partial charge in [0.25, 0.3) is 0 Å². The zero-order chi connectivity index (χ0) is 19.2. The van der Waals surface area contributed by atoms with E-state index in [1.165, 1.54) is 5.56 Å². The van der Waals surface area contributed by atoms with Crippen molar-refractivity contribution < 1.29 is 9.53 Å². The Balaban J connectivity index is 1.83. The van der Waals surface area contributed by atoms with E-state index in [0.717, 1.165) is 11.3 Å². The summed E-state index contributed by atoms with van der Waals surface area (Å²) in [5.74, 6) is 0.426. The van der Waals surface area contributed by atoms with Gasteiger partial charge in [0.1, 0.15) is 0 Å². The quantitative estimate of drug-likeness (QED) is 0.636. The first-order valence-electron chi connectivity index (χ1n) is 8.64. The highest BCUT2D eigenvalue weighted by Crippen LogP contribution is 2.23. The van der Waals surface area contributed by atoms with Crippen molar-refractivity contribution in [3.63, 3.8) is 0 Å². The molecule has 0 spiro atoms. The maximum Gasteiger partial charge on any atom is 0.340 e. The number of nitrogens with zero attached hydrogens (tertiary/aromatic N) is 3. The lowest BCUT2D eigenvalue weighted by atomic mass is 10.1. The van der Waals surface area contributed by atoms with Gasteiger partial charge in [-0.15, -0.1) is 5.10 Å². The van der Waals surface area contributed by atoms with E-state index in [1.54, 1.807) is 31.3 Å². The number of ether oxygens (including phenoxy) is 1. The lowest BCUT2D eigenvalue weighted by molar-refractivity contribution is 0.0527. The Kier molecular flexibility index (Phi) is 5.61. The fraction of sp³-hybridized carbons (Fsp3) is 0.200. The lowest BCUT2D eigenvalue weighted by Crippen LogP contribution is -2.09. The van der Waals surface area contributed by atoms with Gasteiger partial charge in [0.05, 0.1) is 24.1 Å². The number of anilines is 4. The molecular weight excluding hydrogens is 342 g/mol. The van der Waals surface area contributed by atoms with E-state index in [4.69, 9.17) is 4.74 Å². The first-order chi connectivity index (χ1) is 13.1. The van der Waals surface area contributed by atoms with Gasteiger partial charge in [-0.1, -0.05) is 24.3 Å². The van der Waals surface area contributed by atoms with Crippen LogP contribution >= 0.6 is 0 Å². The van der Waals surface area contributed by atoms with Crippen molar-refractivity contribution in [1.29, 1.82) is 0 Å². The number of carbonyl (C=O) groups excluding carboxylic acids is 1. The van der Waals surface area contributed by atoms with Crippen LogP contribution in [0.15, 0.2) is 48.7 Å². The third-order valence-electron chi connectivity index (χ3n) is 4.10. The Bertz CT molecular complexity index is 959. The maximum atomic E-state index is 12.1. The smallest absolute Gasteiger partial charge is 0.340 e. The molecule has 0 radical (unpaired) electrons. The highest BCUT2D eigenvalue weighted by Gasteiger charge is 2.13. The lowest BCUT2D eigenvalue weighted by Gasteiger charge is -2.12. The molecule has 1 heterocycles. The van der Waals surface area contributed by atoms with Gasteiger partial charge in [-0.2, -0.15) is 10.1 Å². The summed E-state index contributed by atoms with van der Waals surface area (Å²) in [5, 5.41) is 14.3. The molecule has 1 aromatic heterocycles. The van der Waals surface area contributed by atoms with Crippen LogP contribution < -0.4 is 10.6 Å². The third kappa shape index (κ3) is 4.38. The molecule has 0 fully saturated rings. The molecule has 0 atom stereocenters. The predicted molar refractivity (Wildman–Crippen MR) is 105 cm³/mol. The van der Waals surface area contributed by atoms with Crippen LogP contribution in [0.3, 0.4) is 0 Å². The number of nitrogens with one attached hydrogen (secondary N) is 2. The van der Waals surface area contributed by atoms with E-state index >= 15 is 0 Å². The Hall–Kier alpha value is -3.48. The first kappa shape index (κ1) is 18.3. The second-order valence-electron chi connectivity index (χ2n) is 5.93. The summed E-state index contributed by atoms with van der Waals surface area (Å²) in [7, 11) is 0. The Morgan fingerprint density at radius 1 is 1.04 bits per heavy atom. The molecule has 0 unspecified atom stereocenters. The minimum Gasteiger partial charge on any atom is -0.462 e. The van der Waals surface area contributed by atoms with Crippen LogP contribution in [-0.4, -0.2) is 27.8 Å². The van der Waals surface area contributed by atoms with Gasteiger partial charge in [0.15, 0.2) is 5.82 Å². The molecule has 138 valence electrons. The zero-order valence-electron chi connectivity index (χ0n) is 15.5. The van der Waals surface area contributed by atoms with Gasteiger partial charge in [0, 0.05) is 5.69 Å². The van der Waals surface area contributed by atoms with Gasteiger partial charge in [-0.05, 0) is 50.1 Å². The van der Waals surface area contributed by atoms with Crippen LogP contribution in [-0.2, 0) is 4.74 Å². The fourth-order valence-corrected chi connectivity index (χ4v) is 2.54. The van der Waals surface area contributed by atoms with Crippen LogP contribution in [0.2, 0.25) is 0 Å². The molecule has 7 heteroatoms. The van der Waals surface area contributed by atoms with Gasteiger partial charge in [0.2, 0.25) is 5.95 Å². The summed E-state index contributed by atoms with van der Waals surface area (Å²) in [4.78, 5) is 16.5. The number of para-hydroxylation sites is 1. The monoisotopic (exact) mass is 363 g/mol. The number of carbonyl (C=O) groups is 1. The number of aryl methyl sites for hydroxylation is 1. The van der Waals surface area contributed by atoms with E-state index in [2.05, 4.69) is 38.8 Å². The molecule has 27 heavy (non-hydrogen) atoms. The largest absolute Gasteiger partial charge is 0.462 e. The molecule has 0 amide bonds. The van der Waals surface area contributed by atoms with Gasteiger partial charge >= 0.3 is 5.97 Å². The number of hydrogen-bond donors (Lipinski definition) is 2. The number of aromatic nitrogens is 3. The normalized spacial score (nSPS) is 10.3. The molecular formula is C20H21N5O2. The Morgan fingerprint density at radius 2 is 1.81 bits per heavy atom. The minimum absolute atomic E-state index is 0.280. The SMILES string of the molecule is CCOC(=O)c1ccccc1Nc1nncc(Nc2cccc(C)c2C)n1. The summed E-state index contributed by atoms with van der Waals surface area (Å²) >= 11 is 0.